The Morgan fingerprint density at radius 1 is 0.733 bits per heavy atom. The zero-order valence-electron chi connectivity index (χ0n) is 19.3. The summed E-state index contributed by atoms with van der Waals surface area (Å²) in [6.45, 7) is 13.8. The predicted octanol–water partition coefficient (Wildman–Crippen LogP) is 6.00. The van der Waals surface area contributed by atoms with Gasteiger partial charge in [-0.15, -0.1) is 0 Å². The molecule has 0 unspecified atom stereocenters. The molecule has 0 aromatic carbocycles. The van der Waals surface area contributed by atoms with Crippen LogP contribution in [-0.4, -0.2) is 36.1 Å². The van der Waals surface area contributed by atoms with Crippen molar-refractivity contribution >= 4 is 11.6 Å². The molecule has 3 aliphatic rings. The number of hydrogen-bond acceptors (Lipinski definition) is 4. The van der Waals surface area contributed by atoms with Gasteiger partial charge in [0, 0.05) is 44.0 Å². The van der Waals surface area contributed by atoms with Crippen LogP contribution in [0.5, 0.6) is 0 Å². The lowest BCUT2D eigenvalue weighted by molar-refractivity contribution is 0.0896. The second-order valence-electron chi connectivity index (χ2n) is 10.1. The quantitative estimate of drug-likeness (QED) is 0.623. The van der Waals surface area contributed by atoms with Gasteiger partial charge in [-0.1, -0.05) is 34.1 Å². The van der Waals surface area contributed by atoms with Gasteiger partial charge in [0.15, 0.2) is 0 Å². The molecule has 5 rings (SSSR count). The number of aromatic nitrogens is 2. The summed E-state index contributed by atoms with van der Waals surface area (Å²) in [5, 5.41) is 0. The molecule has 162 valence electrons. The van der Waals surface area contributed by atoms with Crippen LogP contribution in [0.4, 0.5) is 11.6 Å². The molecule has 2 aromatic rings. The minimum atomic E-state index is 0.597. The normalized spacial score (nSPS) is 19.5. The minimum absolute atomic E-state index is 0.597. The van der Waals surface area contributed by atoms with E-state index in [2.05, 4.69) is 71.7 Å². The maximum absolute atomic E-state index is 4.49. The molecule has 30 heavy (non-hydrogen) atoms. The third kappa shape index (κ3) is 4.63. The maximum atomic E-state index is 4.49. The Hall–Kier alpha value is -2.10. The molecule has 0 bridgehead atoms. The van der Waals surface area contributed by atoms with Crippen molar-refractivity contribution in [3.8, 4) is 0 Å². The fourth-order valence-electron chi connectivity index (χ4n) is 4.80. The van der Waals surface area contributed by atoms with Crippen molar-refractivity contribution < 1.29 is 0 Å². The zero-order valence-corrected chi connectivity index (χ0v) is 19.3. The van der Waals surface area contributed by atoms with Crippen LogP contribution in [0.2, 0.25) is 0 Å². The van der Waals surface area contributed by atoms with Crippen molar-refractivity contribution in [2.24, 2.45) is 5.41 Å². The van der Waals surface area contributed by atoms with Crippen molar-refractivity contribution in [3.63, 3.8) is 0 Å². The van der Waals surface area contributed by atoms with Crippen LogP contribution in [0.15, 0.2) is 36.7 Å². The Kier molecular flexibility index (Phi) is 6.31. The Labute approximate surface area is 182 Å². The molecule has 2 aliphatic heterocycles. The molecule has 0 N–H and O–H groups in total. The van der Waals surface area contributed by atoms with Crippen LogP contribution in [0.3, 0.4) is 0 Å². The highest BCUT2D eigenvalue weighted by Crippen LogP contribution is 2.49. The van der Waals surface area contributed by atoms with Crippen LogP contribution in [0.1, 0.15) is 82.8 Å². The van der Waals surface area contributed by atoms with Gasteiger partial charge in [0.1, 0.15) is 11.6 Å². The van der Waals surface area contributed by atoms with Crippen LogP contribution >= 0.6 is 0 Å². The number of pyridine rings is 2. The van der Waals surface area contributed by atoms with E-state index >= 15 is 0 Å². The van der Waals surface area contributed by atoms with Gasteiger partial charge in [-0.2, -0.15) is 0 Å². The van der Waals surface area contributed by atoms with Gasteiger partial charge in [0.25, 0.3) is 0 Å². The largest absolute Gasteiger partial charge is 0.357 e. The lowest BCUT2D eigenvalue weighted by atomic mass is 9.63. The first-order valence-corrected chi connectivity index (χ1v) is 11.9. The Morgan fingerprint density at radius 2 is 1.23 bits per heavy atom. The standard InChI is InChI=1S/C14H20N2.C12H18N2/c1-11(2)12-4-7-15-13(8-12)16-9-14(10-16)5-3-6-14;1-10(2)11-5-6-13-12(9-11)14-7-3-4-8-14/h4,7-8,11H,3,5-6,9-10H2,1-2H3;5-6,9-10H,3-4,7-8H2,1-2H3. The summed E-state index contributed by atoms with van der Waals surface area (Å²) < 4.78 is 0. The lowest BCUT2D eigenvalue weighted by Gasteiger charge is -2.56. The number of nitrogens with zero attached hydrogens (tertiary/aromatic N) is 4. The first kappa shape index (κ1) is 21.1. The fourth-order valence-corrected chi connectivity index (χ4v) is 4.80. The highest BCUT2D eigenvalue weighted by Gasteiger charge is 2.47. The van der Waals surface area contributed by atoms with Crippen molar-refractivity contribution in [1.82, 2.24) is 9.97 Å². The van der Waals surface area contributed by atoms with Gasteiger partial charge in [-0.25, -0.2) is 9.97 Å². The average molecular weight is 407 g/mol. The molecular formula is C26H38N4. The first-order chi connectivity index (χ1) is 14.5. The molecule has 1 saturated carbocycles. The van der Waals surface area contributed by atoms with Crippen molar-refractivity contribution in [1.29, 1.82) is 0 Å². The summed E-state index contributed by atoms with van der Waals surface area (Å²) in [6, 6.07) is 8.74. The van der Waals surface area contributed by atoms with Gasteiger partial charge < -0.3 is 9.80 Å². The van der Waals surface area contributed by atoms with E-state index in [4.69, 9.17) is 0 Å². The second-order valence-corrected chi connectivity index (χ2v) is 10.1. The molecule has 0 amide bonds. The monoisotopic (exact) mass is 406 g/mol. The van der Waals surface area contributed by atoms with Gasteiger partial charge in [0.05, 0.1) is 0 Å². The van der Waals surface area contributed by atoms with E-state index in [-0.39, 0.29) is 0 Å². The third-order valence-corrected chi connectivity index (χ3v) is 7.09. The molecule has 1 aliphatic carbocycles. The van der Waals surface area contributed by atoms with E-state index in [1.54, 1.807) is 0 Å². The Bertz CT molecular complexity index is 826. The van der Waals surface area contributed by atoms with E-state index in [0.29, 0.717) is 17.3 Å². The Balaban J connectivity index is 0.000000147. The maximum Gasteiger partial charge on any atom is 0.128 e. The summed E-state index contributed by atoms with van der Waals surface area (Å²) in [4.78, 5) is 13.7. The van der Waals surface area contributed by atoms with Gasteiger partial charge >= 0.3 is 0 Å². The molecule has 2 aromatic heterocycles. The van der Waals surface area contributed by atoms with Crippen molar-refractivity contribution in [2.45, 2.75) is 71.6 Å². The second kappa shape index (κ2) is 8.95. The molecule has 1 spiro atoms. The number of anilines is 2. The van der Waals surface area contributed by atoms with Gasteiger partial charge in [-0.05, 0) is 72.9 Å². The van der Waals surface area contributed by atoms with E-state index in [9.17, 15) is 0 Å². The summed E-state index contributed by atoms with van der Waals surface area (Å²) in [7, 11) is 0. The first-order valence-electron chi connectivity index (χ1n) is 11.9. The van der Waals surface area contributed by atoms with Gasteiger partial charge in [0.2, 0.25) is 0 Å². The highest BCUT2D eigenvalue weighted by atomic mass is 15.3. The zero-order chi connectivity index (χ0) is 21.1. The topological polar surface area (TPSA) is 32.3 Å². The lowest BCUT2D eigenvalue weighted by Crippen LogP contribution is -2.60. The van der Waals surface area contributed by atoms with E-state index < -0.39 is 0 Å². The average Bonchev–Trinajstić information content (AvgIpc) is 3.21. The van der Waals surface area contributed by atoms with Crippen LogP contribution < -0.4 is 9.80 Å². The van der Waals surface area contributed by atoms with Crippen molar-refractivity contribution in [3.05, 3.63) is 47.8 Å². The van der Waals surface area contributed by atoms with E-state index in [0.717, 1.165) is 5.82 Å². The number of hydrogen-bond donors (Lipinski definition) is 0. The molecular weight excluding hydrogens is 368 g/mol. The molecule has 4 heterocycles. The van der Waals surface area contributed by atoms with E-state index in [1.165, 1.54) is 75.2 Å². The number of rotatable bonds is 4. The third-order valence-electron chi connectivity index (χ3n) is 7.09. The van der Waals surface area contributed by atoms with Crippen LogP contribution in [-0.2, 0) is 0 Å². The molecule has 4 nitrogen and oxygen atoms in total. The summed E-state index contributed by atoms with van der Waals surface area (Å²) >= 11 is 0. The van der Waals surface area contributed by atoms with Crippen LogP contribution in [0.25, 0.3) is 0 Å². The minimum Gasteiger partial charge on any atom is -0.357 e. The molecule has 4 heteroatoms. The van der Waals surface area contributed by atoms with E-state index in [1.807, 2.05) is 12.4 Å². The van der Waals surface area contributed by atoms with Gasteiger partial charge in [-0.3, -0.25) is 0 Å². The summed E-state index contributed by atoms with van der Waals surface area (Å²) in [5.74, 6) is 3.54. The summed E-state index contributed by atoms with van der Waals surface area (Å²) in [5.41, 5.74) is 3.48. The molecule has 3 fully saturated rings. The molecule has 0 radical (unpaired) electrons. The molecule has 2 saturated heterocycles. The smallest absolute Gasteiger partial charge is 0.128 e. The van der Waals surface area contributed by atoms with Crippen molar-refractivity contribution in [2.75, 3.05) is 36.0 Å². The van der Waals surface area contributed by atoms with Crippen LogP contribution in [0, 0.1) is 5.41 Å². The predicted molar refractivity (Wildman–Crippen MR) is 127 cm³/mol. The SMILES string of the molecule is CC(C)c1ccnc(N2CC3(CCC3)C2)c1.CC(C)c1ccnc(N2CCCC2)c1. The molecule has 0 atom stereocenters. The summed E-state index contributed by atoms with van der Waals surface area (Å²) in [6.07, 6.45) is 10.8. The Morgan fingerprint density at radius 3 is 1.67 bits per heavy atom. The highest BCUT2D eigenvalue weighted by molar-refractivity contribution is 5.46. The fraction of sp³-hybridized carbons (Fsp3) is 0.615.